The van der Waals surface area contributed by atoms with Crippen LogP contribution in [-0.4, -0.2) is 38.4 Å². The second kappa shape index (κ2) is 3.19. The molecule has 0 aromatic rings. The molecule has 0 spiro atoms. The summed E-state index contributed by atoms with van der Waals surface area (Å²) in [6.45, 7) is 1.72. The minimum Gasteiger partial charge on any atom is -0.468 e. The molecule has 4 unspecified atom stereocenters. The van der Waals surface area contributed by atoms with Gasteiger partial charge >= 0.3 is 5.97 Å². The summed E-state index contributed by atoms with van der Waals surface area (Å²) in [7, 11) is 1.48. The number of carbonyl (C=O) groups is 1. The molecular formula is C11H17NO3. The molecule has 15 heavy (non-hydrogen) atoms. The summed E-state index contributed by atoms with van der Waals surface area (Å²) in [4.78, 5) is 12.0. The Morgan fingerprint density at radius 1 is 1.47 bits per heavy atom. The van der Waals surface area contributed by atoms with Gasteiger partial charge in [-0.25, -0.2) is 0 Å². The van der Waals surface area contributed by atoms with Crippen molar-refractivity contribution in [3.8, 4) is 0 Å². The normalized spacial score (nSPS) is 47.7. The van der Waals surface area contributed by atoms with Crippen LogP contribution in [0.15, 0.2) is 0 Å². The van der Waals surface area contributed by atoms with Crippen LogP contribution >= 0.6 is 0 Å². The van der Waals surface area contributed by atoms with Crippen LogP contribution in [0.2, 0.25) is 0 Å². The van der Waals surface area contributed by atoms with E-state index >= 15 is 0 Å². The fraction of sp³-hybridized carbons (Fsp3) is 0.909. The number of methoxy groups -OCH3 is 1. The molecule has 4 heteroatoms. The second-order valence-electron chi connectivity index (χ2n) is 4.84. The van der Waals surface area contributed by atoms with Crippen LogP contribution in [0.4, 0.5) is 0 Å². The number of piperidine rings is 1. The van der Waals surface area contributed by atoms with Gasteiger partial charge in [-0.2, -0.15) is 0 Å². The molecule has 3 rings (SSSR count). The molecule has 0 aromatic heterocycles. The van der Waals surface area contributed by atoms with Crippen molar-refractivity contribution in [2.75, 3.05) is 20.2 Å². The zero-order chi connectivity index (χ0) is 10.5. The molecule has 0 amide bonds. The molecular weight excluding hydrogens is 194 g/mol. The summed E-state index contributed by atoms with van der Waals surface area (Å²) in [6.07, 6.45) is 3.56. The lowest BCUT2D eigenvalue weighted by Gasteiger charge is -2.42. The Labute approximate surface area is 89.3 Å². The van der Waals surface area contributed by atoms with Crippen molar-refractivity contribution in [3.05, 3.63) is 0 Å². The third-order valence-corrected chi connectivity index (χ3v) is 4.35. The molecule has 4 nitrogen and oxygen atoms in total. The number of hydrogen-bond acceptors (Lipinski definition) is 4. The molecule has 3 heterocycles. The fourth-order valence-corrected chi connectivity index (χ4v) is 3.69. The Morgan fingerprint density at radius 3 is 3.13 bits per heavy atom. The summed E-state index contributed by atoms with van der Waals surface area (Å²) in [5, 5.41) is 3.32. The summed E-state index contributed by atoms with van der Waals surface area (Å²) in [6, 6.07) is 0. The van der Waals surface area contributed by atoms with E-state index in [0.717, 1.165) is 32.4 Å². The lowest BCUT2D eigenvalue weighted by atomic mass is 9.63. The number of rotatable bonds is 1. The van der Waals surface area contributed by atoms with Gasteiger partial charge in [0.1, 0.15) is 5.41 Å². The largest absolute Gasteiger partial charge is 0.468 e. The first-order valence-electron chi connectivity index (χ1n) is 5.73. The highest BCUT2D eigenvalue weighted by atomic mass is 16.5. The maximum absolute atomic E-state index is 12.0. The summed E-state index contributed by atoms with van der Waals surface area (Å²) < 4.78 is 10.9. The highest BCUT2D eigenvalue weighted by Gasteiger charge is 2.64. The van der Waals surface area contributed by atoms with E-state index in [2.05, 4.69) is 5.32 Å². The minimum atomic E-state index is -0.379. The second-order valence-corrected chi connectivity index (χ2v) is 4.84. The number of hydrogen-bond donors (Lipinski definition) is 1. The van der Waals surface area contributed by atoms with E-state index in [1.54, 1.807) is 0 Å². The number of ether oxygens (including phenoxy) is 2. The summed E-state index contributed by atoms with van der Waals surface area (Å²) >= 11 is 0. The van der Waals surface area contributed by atoms with Gasteiger partial charge in [0, 0.05) is 12.5 Å². The monoisotopic (exact) mass is 211 g/mol. The highest BCUT2D eigenvalue weighted by Crippen LogP contribution is 2.54. The third kappa shape index (κ3) is 1.06. The van der Waals surface area contributed by atoms with Crippen LogP contribution in [0, 0.1) is 11.3 Å². The lowest BCUT2D eigenvalue weighted by molar-refractivity contribution is -0.160. The van der Waals surface area contributed by atoms with Crippen LogP contribution in [0.3, 0.4) is 0 Å². The average molecular weight is 211 g/mol. The molecule has 3 aliphatic heterocycles. The number of fused-ring (bicyclic) bond motifs is 5. The predicted octanol–water partition coefficient (Wildman–Crippen LogP) is 0.316. The van der Waals surface area contributed by atoms with Crippen LogP contribution in [0.25, 0.3) is 0 Å². The predicted molar refractivity (Wildman–Crippen MR) is 53.3 cm³/mol. The first-order chi connectivity index (χ1) is 7.29. The van der Waals surface area contributed by atoms with Gasteiger partial charge < -0.3 is 14.8 Å². The maximum atomic E-state index is 12.0. The van der Waals surface area contributed by atoms with E-state index in [9.17, 15) is 4.79 Å². The Hall–Kier alpha value is -0.610. The summed E-state index contributed by atoms with van der Waals surface area (Å²) in [5.74, 6) is 0.303. The topological polar surface area (TPSA) is 47.6 Å². The average Bonchev–Trinajstić information content (AvgIpc) is 2.88. The highest BCUT2D eigenvalue weighted by molar-refractivity contribution is 5.79. The molecule has 3 aliphatic rings. The SMILES string of the molecule is COC(=O)C12CNCCC1C1CCC2O1. The van der Waals surface area contributed by atoms with E-state index in [4.69, 9.17) is 9.47 Å². The van der Waals surface area contributed by atoms with Crippen molar-refractivity contribution in [1.82, 2.24) is 5.32 Å². The Kier molecular flexibility index (Phi) is 2.04. The fourth-order valence-electron chi connectivity index (χ4n) is 3.69. The van der Waals surface area contributed by atoms with Gasteiger partial charge in [-0.15, -0.1) is 0 Å². The Balaban J connectivity index is 1.97. The molecule has 4 atom stereocenters. The van der Waals surface area contributed by atoms with Crippen molar-refractivity contribution < 1.29 is 14.3 Å². The Morgan fingerprint density at radius 2 is 2.33 bits per heavy atom. The van der Waals surface area contributed by atoms with Crippen LogP contribution < -0.4 is 5.32 Å². The van der Waals surface area contributed by atoms with Crippen molar-refractivity contribution in [2.45, 2.75) is 31.5 Å². The van der Waals surface area contributed by atoms with Gasteiger partial charge in [-0.05, 0) is 25.8 Å². The van der Waals surface area contributed by atoms with Gasteiger partial charge in [-0.3, -0.25) is 4.79 Å². The van der Waals surface area contributed by atoms with E-state index < -0.39 is 0 Å². The molecule has 3 fully saturated rings. The number of nitrogens with one attached hydrogen (secondary N) is 1. The summed E-state index contributed by atoms with van der Waals surface area (Å²) in [5.41, 5.74) is -0.379. The van der Waals surface area contributed by atoms with Gasteiger partial charge in [0.05, 0.1) is 19.3 Å². The third-order valence-electron chi connectivity index (χ3n) is 4.35. The molecule has 0 saturated carbocycles. The molecule has 0 radical (unpaired) electrons. The Bertz CT molecular complexity index is 294. The molecule has 2 bridgehead atoms. The van der Waals surface area contributed by atoms with Crippen molar-refractivity contribution in [2.24, 2.45) is 11.3 Å². The minimum absolute atomic E-state index is 0.0769. The van der Waals surface area contributed by atoms with Crippen LogP contribution in [0.5, 0.6) is 0 Å². The van der Waals surface area contributed by atoms with Gasteiger partial charge in [0.15, 0.2) is 0 Å². The quantitative estimate of drug-likeness (QED) is 0.634. The lowest BCUT2D eigenvalue weighted by Crippen LogP contribution is -2.57. The van der Waals surface area contributed by atoms with Crippen molar-refractivity contribution in [3.63, 3.8) is 0 Å². The first kappa shape index (κ1) is 9.60. The van der Waals surface area contributed by atoms with Gasteiger partial charge in [0.25, 0.3) is 0 Å². The maximum Gasteiger partial charge on any atom is 0.316 e. The van der Waals surface area contributed by atoms with Crippen LogP contribution in [-0.2, 0) is 14.3 Å². The number of carbonyl (C=O) groups excluding carboxylic acids is 1. The molecule has 1 N–H and O–H groups in total. The first-order valence-corrected chi connectivity index (χ1v) is 5.73. The molecule has 0 aromatic carbocycles. The van der Waals surface area contributed by atoms with Gasteiger partial charge in [0.2, 0.25) is 0 Å². The molecule has 84 valence electrons. The molecule has 0 aliphatic carbocycles. The van der Waals surface area contributed by atoms with E-state index in [1.165, 1.54) is 7.11 Å². The number of esters is 1. The van der Waals surface area contributed by atoms with E-state index in [-0.39, 0.29) is 17.5 Å². The standard InChI is InChI=1S/C11H17NO3/c1-14-10(13)11-6-12-5-4-7(11)8-2-3-9(11)15-8/h7-9,12H,2-6H2,1H3. The van der Waals surface area contributed by atoms with E-state index in [0.29, 0.717) is 12.0 Å². The van der Waals surface area contributed by atoms with Crippen LogP contribution in [0.1, 0.15) is 19.3 Å². The zero-order valence-corrected chi connectivity index (χ0v) is 8.99. The van der Waals surface area contributed by atoms with Gasteiger partial charge in [-0.1, -0.05) is 0 Å². The molecule has 3 saturated heterocycles. The van der Waals surface area contributed by atoms with Crippen molar-refractivity contribution >= 4 is 5.97 Å². The smallest absolute Gasteiger partial charge is 0.316 e. The zero-order valence-electron chi connectivity index (χ0n) is 8.99. The van der Waals surface area contributed by atoms with E-state index in [1.807, 2.05) is 0 Å². The van der Waals surface area contributed by atoms with Crippen molar-refractivity contribution in [1.29, 1.82) is 0 Å².